The number of nitrogens with one attached hydrogen (secondary N) is 2. The fourth-order valence-corrected chi connectivity index (χ4v) is 2.26. The van der Waals surface area contributed by atoms with Crippen molar-refractivity contribution in [1.29, 1.82) is 0 Å². The molecule has 1 aliphatic rings. The largest absolute Gasteiger partial charge is 0.376 e. The van der Waals surface area contributed by atoms with Crippen LogP contribution in [0.25, 0.3) is 0 Å². The van der Waals surface area contributed by atoms with Crippen molar-refractivity contribution in [1.82, 2.24) is 10.6 Å². The predicted octanol–water partition coefficient (Wildman–Crippen LogP) is 1.85. The summed E-state index contributed by atoms with van der Waals surface area (Å²) in [6.07, 6.45) is 0. The Balaban J connectivity index is 2.37. The second kappa shape index (κ2) is 5.81. The van der Waals surface area contributed by atoms with E-state index in [0.29, 0.717) is 21.7 Å². The zero-order chi connectivity index (χ0) is 14.0. The van der Waals surface area contributed by atoms with E-state index in [1.54, 1.807) is 24.1 Å². The lowest BCUT2D eigenvalue weighted by Gasteiger charge is -2.18. The molecule has 0 aliphatic carbocycles. The van der Waals surface area contributed by atoms with Gasteiger partial charge in [-0.15, -0.1) is 0 Å². The van der Waals surface area contributed by atoms with Crippen molar-refractivity contribution in [2.24, 2.45) is 10.7 Å². The molecule has 0 radical (unpaired) electrons. The summed E-state index contributed by atoms with van der Waals surface area (Å²) in [4.78, 5) is 5.97. The summed E-state index contributed by atoms with van der Waals surface area (Å²) in [6, 6.07) is 3.45. The van der Waals surface area contributed by atoms with Gasteiger partial charge in [-0.25, -0.2) is 4.99 Å². The average molecular weight is 318 g/mol. The van der Waals surface area contributed by atoms with Crippen LogP contribution in [0.2, 0.25) is 10.0 Å². The van der Waals surface area contributed by atoms with Gasteiger partial charge in [0.25, 0.3) is 0 Å². The lowest BCUT2D eigenvalue weighted by molar-refractivity contribution is 0.942. The first kappa shape index (κ1) is 14.2. The third-order valence-corrected chi connectivity index (χ3v) is 3.50. The van der Waals surface area contributed by atoms with Crippen LogP contribution in [0.5, 0.6) is 0 Å². The zero-order valence-electron chi connectivity index (χ0n) is 10.2. The van der Waals surface area contributed by atoms with Gasteiger partial charge in [-0.2, -0.15) is 0 Å². The van der Waals surface area contributed by atoms with Crippen molar-refractivity contribution >= 4 is 57.9 Å². The minimum absolute atomic E-state index is 0.241. The minimum Gasteiger partial charge on any atom is -0.376 e. The average Bonchev–Trinajstić information content (AvgIpc) is 2.85. The topological polar surface area (TPSA) is 65.7 Å². The van der Waals surface area contributed by atoms with Crippen LogP contribution >= 0.6 is 35.4 Å². The summed E-state index contributed by atoms with van der Waals surface area (Å²) >= 11 is 17.3. The molecule has 8 heteroatoms. The second-order valence-electron chi connectivity index (χ2n) is 3.97. The van der Waals surface area contributed by atoms with Crippen LogP contribution in [0.1, 0.15) is 0 Å². The van der Waals surface area contributed by atoms with Gasteiger partial charge in [-0.3, -0.25) is 0 Å². The molecule has 2 rings (SSSR count). The lowest BCUT2D eigenvalue weighted by atomic mass is 10.2. The summed E-state index contributed by atoms with van der Waals surface area (Å²) in [7, 11) is 1.75. The summed E-state index contributed by atoms with van der Waals surface area (Å²) in [5, 5.41) is 7.29. The molecule has 5 nitrogen and oxygen atoms in total. The maximum atomic E-state index is 6.20. The van der Waals surface area contributed by atoms with Gasteiger partial charge in [0.05, 0.1) is 10.0 Å². The summed E-state index contributed by atoms with van der Waals surface area (Å²) in [6.45, 7) is 1.66. The quantitative estimate of drug-likeness (QED) is 0.726. The van der Waals surface area contributed by atoms with E-state index in [0.717, 1.165) is 18.8 Å². The number of anilines is 1. The molecule has 0 unspecified atom stereocenters. The number of aliphatic imine (C=N–C) groups is 1. The highest BCUT2D eigenvalue weighted by Gasteiger charge is 2.13. The van der Waals surface area contributed by atoms with Gasteiger partial charge in [-0.05, 0) is 24.4 Å². The molecule has 0 saturated carbocycles. The maximum Gasteiger partial charge on any atom is 0.196 e. The summed E-state index contributed by atoms with van der Waals surface area (Å²) in [5.41, 5.74) is 6.80. The van der Waals surface area contributed by atoms with E-state index < -0.39 is 0 Å². The van der Waals surface area contributed by atoms with Gasteiger partial charge >= 0.3 is 0 Å². The molecule has 0 atom stereocenters. The molecule has 0 bridgehead atoms. The fourth-order valence-electron chi connectivity index (χ4n) is 1.59. The number of nitrogens with two attached hydrogens (primary N) is 1. The Morgan fingerprint density at radius 1 is 1.32 bits per heavy atom. The van der Waals surface area contributed by atoms with Gasteiger partial charge in [0, 0.05) is 25.8 Å². The van der Waals surface area contributed by atoms with E-state index in [4.69, 9.17) is 41.2 Å². The molecule has 102 valence electrons. The Kier molecular flexibility index (Phi) is 4.34. The second-order valence-corrected chi connectivity index (χ2v) is 5.20. The van der Waals surface area contributed by atoms with Crippen LogP contribution in [0, 0.1) is 0 Å². The molecule has 19 heavy (non-hydrogen) atoms. The minimum atomic E-state index is 0.241. The van der Waals surface area contributed by atoms with Crippen molar-refractivity contribution < 1.29 is 0 Å². The van der Waals surface area contributed by atoms with E-state index >= 15 is 0 Å². The van der Waals surface area contributed by atoms with Crippen LogP contribution in [0.3, 0.4) is 0 Å². The molecular weight excluding hydrogens is 305 g/mol. The van der Waals surface area contributed by atoms with Crippen LogP contribution in [0.15, 0.2) is 17.1 Å². The van der Waals surface area contributed by atoms with Gasteiger partial charge in [0.15, 0.2) is 11.1 Å². The highest BCUT2D eigenvalue weighted by Crippen LogP contribution is 2.37. The number of nitrogens with zero attached hydrogens (tertiary/aromatic N) is 2. The number of hydrogen-bond donors (Lipinski definition) is 3. The number of rotatable bonds is 2. The van der Waals surface area contributed by atoms with E-state index in [-0.39, 0.29) is 5.11 Å². The monoisotopic (exact) mass is 317 g/mol. The SMILES string of the molecule is CN(C(N)=S)c1cc(Cl)c(N=C2NCCN2)c(Cl)c1. The van der Waals surface area contributed by atoms with Crippen molar-refractivity contribution in [2.45, 2.75) is 0 Å². The standard InChI is InChI=1S/C11H13Cl2N5S/c1-18(10(14)19)6-4-7(12)9(8(13)5-6)17-11-15-2-3-16-11/h4-5H,2-3H2,1H3,(H2,14,19)(H2,15,16,17). The molecule has 0 spiro atoms. The number of hydrogen-bond acceptors (Lipinski definition) is 2. The van der Waals surface area contributed by atoms with E-state index in [9.17, 15) is 0 Å². The van der Waals surface area contributed by atoms with Gasteiger partial charge in [-0.1, -0.05) is 23.2 Å². The molecule has 1 aliphatic heterocycles. The summed E-state index contributed by atoms with van der Waals surface area (Å²) in [5.74, 6) is 0.666. The molecule has 1 saturated heterocycles. The van der Waals surface area contributed by atoms with E-state index in [1.165, 1.54) is 0 Å². The Labute approximate surface area is 126 Å². The highest BCUT2D eigenvalue weighted by molar-refractivity contribution is 7.80. The Bertz CT molecular complexity index is 515. The number of thiocarbonyl (C=S) groups is 1. The van der Waals surface area contributed by atoms with Gasteiger partial charge in [0.2, 0.25) is 0 Å². The lowest BCUT2D eigenvalue weighted by Crippen LogP contribution is -2.31. The Morgan fingerprint density at radius 2 is 1.84 bits per heavy atom. The van der Waals surface area contributed by atoms with Crippen molar-refractivity contribution in [3.05, 3.63) is 22.2 Å². The molecule has 0 amide bonds. The van der Waals surface area contributed by atoms with Crippen LogP contribution < -0.4 is 21.3 Å². The third-order valence-electron chi connectivity index (χ3n) is 2.65. The molecule has 0 aromatic heterocycles. The third kappa shape index (κ3) is 3.20. The molecule has 1 aromatic carbocycles. The molecule has 1 aromatic rings. The van der Waals surface area contributed by atoms with Crippen molar-refractivity contribution in [2.75, 3.05) is 25.0 Å². The predicted molar refractivity (Wildman–Crippen MR) is 84.8 cm³/mol. The zero-order valence-corrected chi connectivity index (χ0v) is 12.5. The first-order valence-corrected chi connectivity index (χ1v) is 6.74. The smallest absolute Gasteiger partial charge is 0.196 e. The fraction of sp³-hybridized carbons (Fsp3) is 0.273. The van der Waals surface area contributed by atoms with Gasteiger partial charge in [0.1, 0.15) is 5.69 Å². The van der Waals surface area contributed by atoms with Crippen molar-refractivity contribution in [3.63, 3.8) is 0 Å². The van der Waals surface area contributed by atoms with Gasteiger partial charge < -0.3 is 21.3 Å². The normalized spacial score (nSPS) is 13.7. The number of halogens is 2. The Hall–Kier alpha value is -1.24. The molecule has 1 fully saturated rings. The van der Waals surface area contributed by atoms with Crippen LogP contribution in [-0.2, 0) is 0 Å². The Morgan fingerprint density at radius 3 is 2.32 bits per heavy atom. The summed E-state index contributed by atoms with van der Waals surface area (Å²) < 4.78 is 0. The molecule has 1 heterocycles. The molecule has 4 N–H and O–H groups in total. The first-order valence-electron chi connectivity index (χ1n) is 5.57. The van der Waals surface area contributed by atoms with Crippen LogP contribution in [0.4, 0.5) is 11.4 Å². The van der Waals surface area contributed by atoms with E-state index in [2.05, 4.69) is 15.6 Å². The van der Waals surface area contributed by atoms with Crippen LogP contribution in [-0.4, -0.2) is 31.2 Å². The highest BCUT2D eigenvalue weighted by atomic mass is 35.5. The van der Waals surface area contributed by atoms with E-state index in [1.807, 2.05) is 0 Å². The first-order chi connectivity index (χ1) is 8.99. The van der Waals surface area contributed by atoms with Crippen molar-refractivity contribution in [3.8, 4) is 0 Å². The number of benzene rings is 1. The number of guanidine groups is 1. The molecular formula is C11H13Cl2N5S. The maximum absolute atomic E-state index is 6.20.